The second-order valence-corrected chi connectivity index (χ2v) is 3.42. The Labute approximate surface area is 87.3 Å². The van der Waals surface area contributed by atoms with Crippen LogP contribution in [0.25, 0.3) is 0 Å². The minimum absolute atomic E-state index is 0.140. The molecule has 1 aliphatic heterocycles. The summed E-state index contributed by atoms with van der Waals surface area (Å²) in [6.45, 7) is 3.33. The number of hydrogen-bond acceptors (Lipinski definition) is 5. The molecule has 0 aromatic carbocycles. The van der Waals surface area contributed by atoms with Crippen LogP contribution in [0.4, 0.5) is 0 Å². The van der Waals surface area contributed by atoms with Gasteiger partial charge in [-0.25, -0.2) is 4.79 Å². The van der Waals surface area contributed by atoms with Gasteiger partial charge in [-0.3, -0.25) is 0 Å². The molecule has 1 aromatic rings. The molecule has 1 aromatic heterocycles. The molecule has 1 saturated heterocycles. The highest BCUT2D eigenvalue weighted by molar-refractivity contribution is 5.90. The summed E-state index contributed by atoms with van der Waals surface area (Å²) in [6.07, 6.45) is 0.140. The van der Waals surface area contributed by atoms with Gasteiger partial charge in [0.2, 0.25) is 0 Å². The number of furan rings is 1. The van der Waals surface area contributed by atoms with E-state index in [9.17, 15) is 4.79 Å². The van der Waals surface area contributed by atoms with E-state index in [4.69, 9.17) is 9.15 Å². The number of aryl methyl sites for hydroxylation is 1. The van der Waals surface area contributed by atoms with Gasteiger partial charge in [0.15, 0.2) is 0 Å². The maximum absolute atomic E-state index is 11.3. The number of carbonyl (C=O) groups is 1. The van der Waals surface area contributed by atoms with Crippen molar-refractivity contribution < 1.29 is 18.7 Å². The molecule has 0 amide bonds. The summed E-state index contributed by atoms with van der Waals surface area (Å²) in [5.74, 6) is 0.487. The quantitative estimate of drug-likeness (QED) is 0.747. The van der Waals surface area contributed by atoms with Crippen LogP contribution in [0.2, 0.25) is 0 Å². The van der Waals surface area contributed by atoms with Crippen LogP contribution < -0.4 is 10.1 Å². The van der Waals surface area contributed by atoms with E-state index >= 15 is 0 Å². The minimum atomic E-state index is -0.405. The van der Waals surface area contributed by atoms with Gasteiger partial charge in [-0.2, -0.15) is 0 Å². The van der Waals surface area contributed by atoms with Gasteiger partial charge in [-0.15, -0.1) is 0 Å². The topological polar surface area (TPSA) is 60.7 Å². The van der Waals surface area contributed by atoms with Crippen molar-refractivity contribution in [1.82, 2.24) is 5.32 Å². The Morgan fingerprint density at radius 2 is 2.33 bits per heavy atom. The van der Waals surface area contributed by atoms with Crippen molar-refractivity contribution in [2.45, 2.75) is 13.0 Å². The maximum Gasteiger partial charge on any atom is 0.341 e. The molecule has 15 heavy (non-hydrogen) atoms. The summed E-state index contributed by atoms with van der Waals surface area (Å²) in [7, 11) is 1.34. The number of hydrogen-bond donors (Lipinski definition) is 1. The van der Waals surface area contributed by atoms with Crippen molar-refractivity contribution in [2.24, 2.45) is 0 Å². The first-order chi connectivity index (χ1) is 7.20. The molecule has 2 heterocycles. The molecule has 0 unspecified atom stereocenters. The van der Waals surface area contributed by atoms with Crippen molar-refractivity contribution in [3.05, 3.63) is 17.4 Å². The summed E-state index contributed by atoms with van der Waals surface area (Å²) in [5.41, 5.74) is 0.416. The summed E-state index contributed by atoms with van der Waals surface area (Å²) in [6, 6.07) is 1.57. The summed E-state index contributed by atoms with van der Waals surface area (Å²) < 4.78 is 15.4. The van der Waals surface area contributed by atoms with Crippen LogP contribution in [0.3, 0.4) is 0 Å². The van der Waals surface area contributed by atoms with Gasteiger partial charge in [0.1, 0.15) is 17.4 Å². The molecule has 5 heteroatoms. The third kappa shape index (κ3) is 1.97. The molecule has 2 rings (SSSR count). The average Bonchev–Trinajstić information content (AvgIpc) is 2.52. The number of ether oxygens (including phenoxy) is 2. The molecule has 0 radical (unpaired) electrons. The molecular weight excluding hydrogens is 198 g/mol. The molecule has 5 nitrogen and oxygen atoms in total. The molecule has 1 N–H and O–H groups in total. The lowest BCUT2D eigenvalue weighted by Crippen LogP contribution is -2.50. The van der Waals surface area contributed by atoms with Gasteiger partial charge in [-0.05, 0) is 6.92 Å². The van der Waals surface area contributed by atoms with Gasteiger partial charge in [0.25, 0.3) is 5.95 Å². The molecule has 0 saturated carbocycles. The van der Waals surface area contributed by atoms with Crippen molar-refractivity contribution in [1.29, 1.82) is 0 Å². The highest BCUT2D eigenvalue weighted by Crippen LogP contribution is 2.23. The van der Waals surface area contributed by atoms with Gasteiger partial charge >= 0.3 is 5.97 Å². The zero-order valence-electron chi connectivity index (χ0n) is 8.70. The zero-order chi connectivity index (χ0) is 10.8. The van der Waals surface area contributed by atoms with E-state index in [1.54, 1.807) is 13.0 Å². The molecule has 1 aliphatic rings. The molecule has 0 bridgehead atoms. The van der Waals surface area contributed by atoms with Crippen molar-refractivity contribution >= 4 is 5.97 Å². The van der Waals surface area contributed by atoms with Crippen molar-refractivity contribution in [3.8, 4) is 5.95 Å². The Balaban J connectivity index is 2.09. The van der Waals surface area contributed by atoms with Crippen LogP contribution in [0.15, 0.2) is 10.5 Å². The van der Waals surface area contributed by atoms with Gasteiger partial charge in [-0.1, -0.05) is 0 Å². The fraction of sp³-hybridized carbons (Fsp3) is 0.500. The minimum Gasteiger partial charge on any atom is -0.465 e. The monoisotopic (exact) mass is 211 g/mol. The van der Waals surface area contributed by atoms with Crippen LogP contribution >= 0.6 is 0 Å². The average molecular weight is 211 g/mol. The van der Waals surface area contributed by atoms with Gasteiger partial charge in [0.05, 0.1) is 7.11 Å². The molecular formula is C10H13NO4. The number of carbonyl (C=O) groups excluding carboxylic acids is 1. The standard InChI is InChI=1S/C10H13NO4/c1-6-8(10(12)13-2)3-9(14-6)15-7-4-11-5-7/h3,7,11H,4-5H2,1-2H3. The normalized spacial score (nSPS) is 15.9. The second kappa shape index (κ2) is 3.94. The van der Waals surface area contributed by atoms with Crippen LogP contribution in [0.5, 0.6) is 5.95 Å². The van der Waals surface area contributed by atoms with Gasteiger partial charge < -0.3 is 19.2 Å². The van der Waals surface area contributed by atoms with E-state index in [-0.39, 0.29) is 6.10 Å². The predicted molar refractivity (Wildman–Crippen MR) is 52.1 cm³/mol. The maximum atomic E-state index is 11.3. The van der Waals surface area contributed by atoms with E-state index in [2.05, 4.69) is 10.1 Å². The van der Waals surface area contributed by atoms with E-state index < -0.39 is 5.97 Å². The summed E-state index contributed by atoms with van der Waals surface area (Å²) in [4.78, 5) is 11.3. The first-order valence-electron chi connectivity index (χ1n) is 4.77. The highest BCUT2D eigenvalue weighted by Gasteiger charge is 2.22. The molecule has 82 valence electrons. The third-order valence-corrected chi connectivity index (χ3v) is 2.33. The highest BCUT2D eigenvalue weighted by atomic mass is 16.6. The predicted octanol–water partition coefficient (Wildman–Crippen LogP) is 0.725. The summed E-state index contributed by atoms with van der Waals surface area (Å²) in [5, 5.41) is 3.08. The van der Waals surface area contributed by atoms with Crippen molar-refractivity contribution in [2.75, 3.05) is 20.2 Å². The van der Waals surface area contributed by atoms with E-state index in [1.165, 1.54) is 7.11 Å². The number of nitrogens with one attached hydrogen (secondary N) is 1. The summed E-state index contributed by atoms with van der Waals surface area (Å²) >= 11 is 0. The first kappa shape index (κ1) is 10.0. The van der Waals surface area contributed by atoms with E-state index in [0.29, 0.717) is 17.3 Å². The van der Waals surface area contributed by atoms with E-state index in [1.807, 2.05) is 0 Å². The Morgan fingerprint density at radius 3 is 2.87 bits per heavy atom. The Hall–Kier alpha value is -1.49. The second-order valence-electron chi connectivity index (χ2n) is 3.42. The lowest BCUT2D eigenvalue weighted by Gasteiger charge is -2.26. The molecule has 1 fully saturated rings. The van der Waals surface area contributed by atoms with Crippen molar-refractivity contribution in [3.63, 3.8) is 0 Å². The smallest absolute Gasteiger partial charge is 0.341 e. The SMILES string of the molecule is COC(=O)c1cc(OC2CNC2)oc1C. The Morgan fingerprint density at radius 1 is 1.60 bits per heavy atom. The number of rotatable bonds is 3. The third-order valence-electron chi connectivity index (χ3n) is 2.33. The first-order valence-corrected chi connectivity index (χ1v) is 4.77. The largest absolute Gasteiger partial charge is 0.465 e. The number of methoxy groups -OCH3 is 1. The fourth-order valence-electron chi connectivity index (χ4n) is 1.34. The zero-order valence-corrected chi connectivity index (χ0v) is 8.70. The van der Waals surface area contributed by atoms with Gasteiger partial charge in [0, 0.05) is 19.2 Å². The van der Waals surface area contributed by atoms with E-state index in [0.717, 1.165) is 13.1 Å². The lowest BCUT2D eigenvalue weighted by molar-refractivity contribution is 0.0599. The van der Waals surface area contributed by atoms with Crippen LogP contribution in [0, 0.1) is 6.92 Å². The fourth-order valence-corrected chi connectivity index (χ4v) is 1.34. The Kier molecular flexibility index (Phi) is 2.64. The Bertz CT molecular complexity index is 367. The van der Waals surface area contributed by atoms with Crippen LogP contribution in [0.1, 0.15) is 16.1 Å². The lowest BCUT2D eigenvalue weighted by atomic mass is 10.2. The molecule has 0 atom stereocenters. The van der Waals surface area contributed by atoms with Crippen LogP contribution in [-0.4, -0.2) is 32.3 Å². The van der Waals surface area contributed by atoms with Crippen LogP contribution in [-0.2, 0) is 4.74 Å². The molecule has 0 aliphatic carbocycles. The number of esters is 1. The molecule has 0 spiro atoms.